The second-order valence-electron chi connectivity index (χ2n) is 10.8. The molecule has 2 rings (SSSR count). The van der Waals surface area contributed by atoms with Gasteiger partial charge >= 0.3 is 5.97 Å². The lowest BCUT2D eigenvalue weighted by molar-refractivity contribution is -0.137. The topological polar surface area (TPSA) is 55.8 Å². The molecule has 0 saturated carbocycles. The van der Waals surface area contributed by atoms with Crippen LogP contribution in [0.1, 0.15) is 91.3 Å². The molecule has 186 valence electrons. The van der Waals surface area contributed by atoms with E-state index in [0.717, 1.165) is 41.7 Å². The van der Waals surface area contributed by atoms with Crippen LogP contribution in [0.25, 0.3) is 17.2 Å². The highest BCUT2D eigenvalue weighted by atomic mass is 16.5. The smallest absolute Gasteiger partial charge is 0.330 e. The third-order valence-corrected chi connectivity index (χ3v) is 5.77. The van der Waals surface area contributed by atoms with Crippen molar-refractivity contribution in [2.75, 3.05) is 13.2 Å². The van der Waals surface area contributed by atoms with Crippen LogP contribution in [-0.4, -0.2) is 24.3 Å². The number of carbonyl (C=O) groups is 1. The summed E-state index contributed by atoms with van der Waals surface area (Å²) in [6.45, 7) is 18.1. The summed E-state index contributed by atoms with van der Waals surface area (Å²) >= 11 is 0. The fourth-order valence-electron chi connectivity index (χ4n) is 3.73. The minimum absolute atomic E-state index is 0.0769. The van der Waals surface area contributed by atoms with Gasteiger partial charge in [0.2, 0.25) is 0 Å². The Kier molecular flexibility index (Phi) is 9.37. The van der Waals surface area contributed by atoms with Crippen molar-refractivity contribution in [3.8, 4) is 22.6 Å². The van der Waals surface area contributed by atoms with E-state index in [1.165, 1.54) is 11.6 Å². The lowest BCUT2D eigenvalue weighted by Crippen LogP contribution is -2.19. The molecular weight excluding hydrogens is 424 g/mol. The summed E-state index contributed by atoms with van der Waals surface area (Å²) < 4.78 is 11.4. The highest BCUT2D eigenvalue weighted by molar-refractivity contribution is 5.88. The average molecular weight is 467 g/mol. The normalized spacial score (nSPS) is 12.2. The Morgan fingerprint density at radius 3 is 2.24 bits per heavy atom. The summed E-state index contributed by atoms with van der Waals surface area (Å²) in [5.74, 6) is 0.609. The molecular formula is C30H42O4. The number of unbranched alkanes of at least 4 members (excludes halogenated alkanes) is 2. The van der Waals surface area contributed by atoms with E-state index in [1.807, 2.05) is 6.07 Å². The number of aromatic hydroxyl groups is 1. The Morgan fingerprint density at radius 2 is 1.65 bits per heavy atom. The van der Waals surface area contributed by atoms with Crippen molar-refractivity contribution in [1.82, 2.24) is 0 Å². The molecule has 0 amide bonds. The van der Waals surface area contributed by atoms with Crippen LogP contribution in [0.3, 0.4) is 0 Å². The molecule has 0 aliphatic heterocycles. The van der Waals surface area contributed by atoms with Gasteiger partial charge in [-0.3, -0.25) is 0 Å². The molecule has 2 aromatic rings. The van der Waals surface area contributed by atoms with E-state index >= 15 is 0 Å². The van der Waals surface area contributed by atoms with Crippen LogP contribution in [0, 0.1) is 0 Å². The van der Waals surface area contributed by atoms with Crippen LogP contribution < -0.4 is 4.74 Å². The summed E-state index contributed by atoms with van der Waals surface area (Å²) in [7, 11) is 0. The summed E-state index contributed by atoms with van der Waals surface area (Å²) in [4.78, 5) is 11.8. The second-order valence-corrected chi connectivity index (χ2v) is 10.8. The Hall–Kier alpha value is -2.75. The quantitative estimate of drug-likeness (QED) is 0.233. The first kappa shape index (κ1) is 27.5. The van der Waals surface area contributed by atoms with Crippen LogP contribution in [0.5, 0.6) is 11.5 Å². The molecule has 0 bridgehead atoms. The summed E-state index contributed by atoms with van der Waals surface area (Å²) in [6.07, 6.45) is 6.34. The van der Waals surface area contributed by atoms with E-state index in [1.54, 1.807) is 25.1 Å². The molecule has 0 radical (unpaired) electrons. The van der Waals surface area contributed by atoms with Crippen molar-refractivity contribution >= 4 is 12.0 Å². The molecule has 34 heavy (non-hydrogen) atoms. The van der Waals surface area contributed by atoms with Gasteiger partial charge in [-0.05, 0) is 59.6 Å². The minimum atomic E-state index is -0.387. The molecule has 0 fully saturated rings. The molecule has 1 N–H and O–H groups in total. The maximum atomic E-state index is 11.8. The van der Waals surface area contributed by atoms with Gasteiger partial charge in [-0.1, -0.05) is 73.4 Å². The van der Waals surface area contributed by atoms with Gasteiger partial charge in [-0.15, -0.1) is 0 Å². The predicted octanol–water partition coefficient (Wildman–Crippen LogP) is 7.80. The van der Waals surface area contributed by atoms with Crippen LogP contribution in [0.4, 0.5) is 0 Å². The highest BCUT2D eigenvalue weighted by Crippen LogP contribution is 2.45. The van der Waals surface area contributed by atoms with Crippen molar-refractivity contribution in [2.24, 2.45) is 0 Å². The van der Waals surface area contributed by atoms with E-state index in [4.69, 9.17) is 9.47 Å². The second kappa shape index (κ2) is 11.6. The number of ether oxygens (including phenoxy) is 2. The molecule has 4 nitrogen and oxygen atoms in total. The van der Waals surface area contributed by atoms with E-state index in [2.05, 4.69) is 60.6 Å². The van der Waals surface area contributed by atoms with Gasteiger partial charge in [0.25, 0.3) is 0 Å². The third kappa shape index (κ3) is 7.38. The zero-order valence-electron chi connectivity index (χ0n) is 22.2. The molecule has 0 unspecified atom stereocenters. The monoisotopic (exact) mass is 466 g/mol. The molecule has 0 aliphatic rings. The van der Waals surface area contributed by atoms with E-state index in [-0.39, 0.29) is 22.5 Å². The Bertz CT molecular complexity index is 1000. The van der Waals surface area contributed by atoms with Crippen molar-refractivity contribution in [3.63, 3.8) is 0 Å². The number of carbonyl (C=O) groups excluding carboxylic acids is 1. The average Bonchev–Trinajstić information content (AvgIpc) is 2.74. The SMILES string of the molecule is CCCCCOc1c(-c2cc(/C=C/C(=O)OCC)ccc2O)cc(C(C)(C)C)cc1C(C)(C)C. The number of esters is 1. The molecule has 0 spiro atoms. The lowest BCUT2D eigenvalue weighted by atomic mass is 9.78. The van der Waals surface area contributed by atoms with E-state index < -0.39 is 0 Å². The zero-order chi connectivity index (χ0) is 25.5. The van der Waals surface area contributed by atoms with Crippen LogP contribution in [0.15, 0.2) is 36.4 Å². The highest BCUT2D eigenvalue weighted by Gasteiger charge is 2.27. The first-order valence-electron chi connectivity index (χ1n) is 12.4. The molecule has 0 saturated heterocycles. The Morgan fingerprint density at radius 1 is 0.941 bits per heavy atom. The predicted molar refractivity (Wildman–Crippen MR) is 142 cm³/mol. The number of rotatable bonds is 9. The number of hydrogen-bond acceptors (Lipinski definition) is 4. The fraction of sp³-hybridized carbons (Fsp3) is 0.500. The van der Waals surface area contributed by atoms with Gasteiger partial charge in [0.15, 0.2) is 0 Å². The number of hydrogen-bond donors (Lipinski definition) is 1. The Balaban J connectivity index is 2.72. The minimum Gasteiger partial charge on any atom is -0.507 e. The van der Waals surface area contributed by atoms with Crippen molar-refractivity contribution < 1.29 is 19.4 Å². The van der Waals surface area contributed by atoms with E-state index in [0.29, 0.717) is 18.8 Å². The van der Waals surface area contributed by atoms with Crippen LogP contribution >= 0.6 is 0 Å². The zero-order valence-corrected chi connectivity index (χ0v) is 22.2. The van der Waals surface area contributed by atoms with Gasteiger partial charge in [0.05, 0.1) is 13.2 Å². The number of benzene rings is 2. The Labute approximate surface area is 206 Å². The van der Waals surface area contributed by atoms with Crippen molar-refractivity contribution in [1.29, 1.82) is 0 Å². The third-order valence-electron chi connectivity index (χ3n) is 5.77. The number of phenols is 1. The van der Waals surface area contributed by atoms with Crippen LogP contribution in [0.2, 0.25) is 0 Å². The summed E-state index contributed by atoms with van der Waals surface area (Å²) in [5.41, 5.74) is 4.44. The van der Waals surface area contributed by atoms with Gasteiger partial charge in [-0.2, -0.15) is 0 Å². The van der Waals surface area contributed by atoms with E-state index in [9.17, 15) is 9.90 Å². The molecule has 0 aliphatic carbocycles. The van der Waals surface area contributed by atoms with Crippen molar-refractivity contribution in [3.05, 3.63) is 53.1 Å². The van der Waals surface area contributed by atoms with Crippen LogP contribution in [-0.2, 0) is 20.4 Å². The first-order chi connectivity index (χ1) is 15.9. The molecule has 0 aromatic heterocycles. The fourth-order valence-corrected chi connectivity index (χ4v) is 3.73. The maximum Gasteiger partial charge on any atom is 0.330 e. The van der Waals surface area contributed by atoms with Gasteiger partial charge in [-0.25, -0.2) is 4.79 Å². The van der Waals surface area contributed by atoms with Gasteiger partial charge in [0, 0.05) is 22.8 Å². The molecule has 4 heteroatoms. The maximum absolute atomic E-state index is 11.8. The standard InChI is InChI=1S/C30H42O4/c1-9-11-12-17-34-28-24(19-22(29(3,4)5)20-25(28)30(6,7)8)23-18-21(13-15-26(23)31)14-16-27(32)33-10-2/h13-16,18-20,31H,9-12,17H2,1-8H3/b16-14+. The number of phenolic OH excluding ortho intramolecular Hbond substituents is 1. The first-order valence-corrected chi connectivity index (χ1v) is 12.4. The lowest BCUT2D eigenvalue weighted by Gasteiger charge is -2.30. The summed E-state index contributed by atoms with van der Waals surface area (Å²) in [5, 5.41) is 10.9. The van der Waals surface area contributed by atoms with Gasteiger partial charge in [0.1, 0.15) is 11.5 Å². The molecule has 0 atom stereocenters. The summed E-state index contributed by atoms with van der Waals surface area (Å²) in [6, 6.07) is 9.74. The van der Waals surface area contributed by atoms with Gasteiger partial charge < -0.3 is 14.6 Å². The molecule has 0 heterocycles. The van der Waals surface area contributed by atoms with Crippen molar-refractivity contribution in [2.45, 2.75) is 85.5 Å². The largest absolute Gasteiger partial charge is 0.507 e. The molecule has 2 aromatic carbocycles.